The number of hydrogen-bond acceptors (Lipinski definition) is 6. The second-order valence-electron chi connectivity index (χ2n) is 7.69. The van der Waals surface area contributed by atoms with E-state index in [4.69, 9.17) is 19.2 Å². The zero-order valence-corrected chi connectivity index (χ0v) is 18.3. The fraction of sp³-hybridized carbons (Fsp3) is 0.280. The lowest BCUT2D eigenvalue weighted by Gasteiger charge is -2.34. The van der Waals surface area contributed by atoms with Gasteiger partial charge in [-0.05, 0) is 42.5 Å². The van der Waals surface area contributed by atoms with Crippen LogP contribution in [-0.4, -0.2) is 49.0 Å². The summed E-state index contributed by atoms with van der Waals surface area (Å²) in [5.74, 6) is 1.40. The van der Waals surface area contributed by atoms with Crippen LogP contribution in [0.3, 0.4) is 0 Å². The van der Waals surface area contributed by atoms with Crippen molar-refractivity contribution in [2.45, 2.75) is 13.2 Å². The highest BCUT2D eigenvalue weighted by Gasteiger charge is 2.25. The molecule has 8 heteroatoms. The Morgan fingerprint density at radius 3 is 2.64 bits per heavy atom. The smallest absolute Gasteiger partial charge is 0.289 e. The molecular formula is C25H24FN3O4. The van der Waals surface area contributed by atoms with Crippen LogP contribution in [0.2, 0.25) is 0 Å². The number of para-hydroxylation sites is 1. The minimum absolute atomic E-state index is 0.120. The number of amides is 1. The van der Waals surface area contributed by atoms with Crippen LogP contribution >= 0.6 is 0 Å². The molecule has 0 N–H and O–H groups in total. The lowest BCUT2D eigenvalue weighted by atomic mass is 10.1. The molecule has 0 atom stereocenters. The van der Waals surface area contributed by atoms with Gasteiger partial charge in [0.2, 0.25) is 0 Å². The van der Waals surface area contributed by atoms with E-state index in [1.54, 1.807) is 54.5 Å². The molecule has 170 valence electrons. The fourth-order valence-corrected chi connectivity index (χ4v) is 3.78. The molecular weight excluding hydrogens is 425 g/mol. The van der Waals surface area contributed by atoms with Crippen molar-refractivity contribution in [2.24, 2.45) is 0 Å². The zero-order valence-electron chi connectivity index (χ0n) is 18.3. The lowest BCUT2D eigenvalue weighted by Crippen LogP contribution is -2.48. The number of benzene rings is 2. The van der Waals surface area contributed by atoms with Crippen molar-refractivity contribution in [2.75, 3.05) is 33.3 Å². The maximum atomic E-state index is 13.6. The number of furan rings is 1. The number of carbonyl (C=O) groups excluding carboxylic acids is 1. The van der Waals surface area contributed by atoms with E-state index in [2.05, 4.69) is 11.0 Å². The Bertz CT molecular complexity index is 1160. The highest BCUT2D eigenvalue weighted by Crippen LogP contribution is 2.23. The quantitative estimate of drug-likeness (QED) is 0.546. The van der Waals surface area contributed by atoms with Gasteiger partial charge < -0.3 is 18.8 Å². The molecule has 2 heterocycles. The Balaban J connectivity index is 1.31. The molecule has 1 aliphatic heterocycles. The number of nitriles is 1. The molecule has 4 rings (SSSR count). The summed E-state index contributed by atoms with van der Waals surface area (Å²) >= 11 is 0. The summed E-state index contributed by atoms with van der Waals surface area (Å²) < 4.78 is 30.3. The maximum absolute atomic E-state index is 13.6. The van der Waals surface area contributed by atoms with Crippen LogP contribution in [0.25, 0.3) is 0 Å². The topological polar surface area (TPSA) is 78.9 Å². The monoisotopic (exact) mass is 449 g/mol. The van der Waals surface area contributed by atoms with Gasteiger partial charge in [-0.2, -0.15) is 5.26 Å². The van der Waals surface area contributed by atoms with E-state index >= 15 is 0 Å². The van der Waals surface area contributed by atoms with E-state index in [9.17, 15) is 9.18 Å². The molecule has 7 nitrogen and oxygen atoms in total. The van der Waals surface area contributed by atoms with Gasteiger partial charge >= 0.3 is 0 Å². The van der Waals surface area contributed by atoms with Crippen molar-refractivity contribution in [1.29, 1.82) is 5.26 Å². The molecule has 0 bridgehead atoms. The van der Waals surface area contributed by atoms with E-state index in [1.807, 2.05) is 0 Å². The van der Waals surface area contributed by atoms with Crippen molar-refractivity contribution >= 4 is 5.91 Å². The first-order valence-electron chi connectivity index (χ1n) is 10.6. The van der Waals surface area contributed by atoms with Gasteiger partial charge in [0.1, 0.15) is 35.8 Å². The first kappa shape index (κ1) is 22.4. The third-order valence-corrected chi connectivity index (χ3v) is 5.55. The second kappa shape index (κ2) is 10.2. The molecule has 0 spiro atoms. The number of hydrogen-bond donors (Lipinski definition) is 0. The summed E-state index contributed by atoms with van der Waals surface area (Å²) in [4.78, 5) is 16.8. The fourth-order valence-electron chi connectivity index (χ4n) is 3.78. The van der Waals surface area contributed by atoms with Crippen molar-refractivity contribution in [3.63, 3.8) is 0 Å². The molecule has 1 aromatic heterocycles. The largest absolute Gasteiger partial charge is 0.496 e. The summed E-state index contributed by atoms with van der Waals surface area (Å²) in [5.41, 5.74) is 1.22. The summed E-state index contributed by atoms with van der Waals surface area (Å²) in [6.45, 7) is 3.07. The van der Waals surface area contributed by atoms with Gasteiger partial charge in [0, 0.05) is 38.3 Å². The summed E-state index contributed by atoms with van der Waals surface area (Å²) in [5, 5.41) is 9.15. The third-order valence-electron chi connectivity index (χ3n) is 5.55. The van der Waals surface area contributed by atoms with E-state index < -0.39 is 0 Å². The summed E-state index contributed by atoms with van der Waals surface area (Å²) in [7, 11) is 1.57. The average molecular weight is 449 g/mol. The van der Waals surface area contributed by atoms with Crippen LogP contribution < -0.4 is 9.47 Å². The molecule has 1 amide bonds. The molecule has 0 saturated carbocycles. The summed E-state index contributed by atoms with van der Waals surface area (Å²) in [6.07, 6.45) is 0. The van der Waals surface area contributed by atoms with E-state index in [0.717, 1.165) is 5.56 Å². The van der Waals surface area contributed by atoms with Crippen LogP contribution in [0.1, 0.15) is 27.4 Å². The number of nitrogens with zero attached hydrogens (tertiary/aromatic N) is 3. The average Bonchev–Trinajstić information content (AvgIpc) is 3.32. The lowest BCUT2D eigenvalue weighted by molar-refractivity contribution is 0.0593. The summed E-state index contributed by atoms with van der Waals surface area (Å²) in [6, 6.07) is 16.9. The van der Waals surface area contributed by atoms with E-state index in [1.165, 1.54) is 12.1 Å². The predicted molar refractivity (Wildman–Crippen MR) is 118 cm³/mol. The molecule has 2 aromatic carbocycles. The maximum Gasteiger partial charge on any atom is 0.289 e. The highest BCUT2D eigenvalue weighted by molar-refractivity contribution is 5.91. The van der Waals surface area contributed by atoms with Crippen LogP contribution in [0.4, 0.5) is 4.39 Å². The first-order valence-corrected chi connectivity index (χ1v) is 10.6. The standard InChI is InChI=1S/C25H24FN3O4/c1-31-22-8-6-20(26)14-19(22)16-28-10-12-29(13-11-28)25(30)24-9-7-21(33-24)17-32-23-5-3-2-4-18(23)15-27/h2-9,14H,10-13,16-17H2,1H3. The molecule has 33 heavy (non-hydrogen) atoms. The molecule has 0 unspecified atom stereocenters. The molecule has 1 fully saturated rings. The Labute approximate surface area is 191 Å². The highest BCUT2D eigenvalue weighted by atomic mass is 19.1. The number of carbonyl (C=O) groups is 1. The van der Waals surface area contributed by atoms with Crippen molar-refractivity contribution < 1.29 is 23.1 Å². The molecule has 1 saturated heterocycles. The van der Waals surface area contributed by atoms with Crippen LogP contribution in [0, 0.1) is 17.1 Å². The normalized spacial score (nSPS) is 14.0. The van der Waals surface area contributed by atoms with Crippen molar-refractivity contribution in [3.8, 4) is 17.6 Å². The SMILES string of the molecule is COc1ccc(F)cc1CN1CCN(C(=O)c2ccc(COc3ccccc3C#N)o2)CC1. The van der Waals surface area contributed by atoms with Crippen LogP contribution in [-0.2, 0) is 13.2 Å². The minimum Gasteiger partial charge on any atom is -0.496 e. The Kier molecular flexibility index (Phi) is 6.91. The van der Waals surface area contributed by atoms with Gasteiger partial charge in [0.15, 0.2) is 5.76 Å². The Morgan fingerprint density at radius 2 is 1.88 bits per heavy atom. The Morgan fingerprint density at radius 1 is 1.09 bits per heavy atom. The van der Waals surface area contributed by atoms with Gasteiger partial charge in [-0.25, -0.2) is 4.39 Å². The third kappa shape index (κ3) is 5.33. The second-order valence-corrected chi connectivity index (χ2v) is 7.69. The van der Waals surface area contributed by atoms with Crippen LogP contribution in [0.15, 0.2) is 59.0 Å². The number of ether oxygens (including phenoxy) is 2. The molecule has 1 aliphatic rings. The number of methoxy groups -OCH3 is 1. The van der Waals surface area contributed by atoms with Gasteiger partial charge in [-0.3, -0.25) is 9.69 Å². The van der Waals surface area contributed by atoms with Crippen molar-refractivity contribution in [1.82, 2.24) is 9.80 Å². The zero-order chi connectivity index (χ0) is 23.2. The molecule has 0 aliphatic carbocycles. The Hall–Kier alpha value is -3.83. The van der Waals surface area contributed by atoms with Gasteiger partial charge in [0.05, 0.1) is 12.7 Å². The van der Waals surface area contributed by atoms with Crippen LogP contribution in [0.5, 0.6) is 11.5 Å². The molecule has 0 radical (unpaired) electrons. The van der Waals surface area contributed by atoms with Crippen molar-refractivity contribution in [3.05, 3.63) is 83.1 Å². The van der Waals surface area contributed by atoms with E-state index in [0.29, 0.717) is 55.5 Å². The number of halogens is 1. The molecule has 3 aromatic rings. The van der Waals surface area contributed by atoms with E-state index in [-0.39, 0.29) is 24.1 Å². The van der Waals surface area contributed by atoms with Gasteiger partial charge in [-0.15, -0.1) is 0 Å². The predicted octanol–water partition coefficient (Wildman–Crippen LogP) is 3.84. The van der Waals surface area contributed by atoms with Gasteiger partial charge in [-0.1, -0.05) is 12.1 Å². The minimum atomic E-state index is -0.298. The first-order chi connectivity index (χ1) is 16.1. The van der Waals surface area contributed by atoms with Gasteiger partial charge in [0.25, 0.3) is 5.91 Å². The number of rotatable bonds is 7. The number of piperazine rings is 1.